The summed E-state index contributed by atoms with van der Waals surface area (Å²) in [6, 6.07) is 3.03. The van der Waals surface area contributed by atoms with Crippen LogP contribution in [-0.2, 0) is 26.1 Å². The molecule has 0 aromatic carbocycles. The number of hydrogen-bond acceptors (Lipinski definition) is 7. The molecule has 0 fully saturated rings. The first kappa shape index (κ1) is 17.1. The number of rotatable bonds is 5. The lowest BCUT2D eigenvalue weighted by Crippen LogP contribution is -2.30. The molecule has 3 heterocycles. The summed E-state index contributed by atoms with van der Waals surface area (Å²) < 4.78 is 40.8. The molecule has 130 valence electrons. The Morgan fingerprint density at radius 1 is 1.29 bits per heavy atom. The Bertz CT molecular complexity index is 689. The van der Waals surface area contributed by atoms with Gasteiger partial charge in [-0.3, -0.25) is 4.90 Å². The fourth-order valence-electron chi connectivity index (χ4n) is 2.42. The number of aromatic nitrogens is 3. The smallest absolute Gasteiger partial charge is 0.422 e. The van der Waals surface area contributed by atoms with Crippen LogP contribution in [0.4, 0.5) is 13.2 Å². The van der Waals surface area contributed by atoms with Crippen molar-refractivity contribution in [2.24, 2.45) is 5.73 Å². The molecule has 6 nitrogen and oxygen atoms in total. The van der Waals surface area contributed by atoms with Crippen molar-refractivity contribution in [3.8, 4) is 5.88 Å². The van der Waals surface area contributed by atoms with Crippen molar-refractivity contribution in [3.63, 3.8) is 0 Å². The van der Waals surface area contributed by atoms with Crippen molar-refractivity contribution in [2.75, 3.05) is 13.2 Å². The molecule has 24 heavy (non-hydrogen) atoms. The second-order valence-corrected chi connectivity index (χ2v) is 6.58. The highest BCUT2D eigenvalue weighted by Gasteiger charge is 2.28. The van der Waals surface area contributed by atoms with E-state index in [1.807, 2.05) is 0 Å². The van der Waals surface area contributed by atoms with Gasteiger partial charge >= 0.3 is 6.18 Å². The first-order valence-electron chi connectivity index (χ1n) is 7.35. The SMILES string of the molecule is NCc1nc2c(s1)CCN(Cc1ccc(OCC(F)(F)F)nn1)C2. The molecule has 0 bridgehead atoms. The second-order valence-electron chi connectivity index (χ2n) is 5.41. The third-order valence-electron chi connectivity index (χ3n) is 3.49. The van der Waals surface area contributed by atoms with E-state index in [0.717, 1.165) is 23.7 Å². The lowest BCUT2D eigenvalue weighted by atomic mass is 10.2. The maximum Gasteiger partial charge on any atom is 0.422 e. The highest BCUT2D eigenvalue weighted by atomic mass is 32.1. The van der Waals surface area contributed by atoms with Gasteiger partial charge in [-0.05, 0) is 12.5 Å². The number of ether oxygens (including phenoxy) is 1. The molecule has 1 aliphatic heterocycles. The van der Waals surface area contributed by atoms with E-state index < -0.39 is 12.8 Å². The molecule has 1 aliphatic rings. The Morgan fingerprint density at radius 2 is 2.12 bits per heavy atom. The molecule has 2 aromatic rings. The Hall–Kier alpha value is -1.78. The van der Waals surface area contributed by atoms with Crippen LogP contribution in [0.3, 0.4) is 0 Å². The summed E-state index contributed by atoms with van der Waals surface area (Å²) in [7, 11) is 0. The Labute approximate surface area is 140 Å². The van der Waals surface area contributed by atoms with E-state index in [1.165, 1.54) is 10.9 Å². The van der Waals surface area contributed by atoms with E-state index in [4.69, 9.17) is 5.73 Å². The van der Waals surface area contributed by atoms with E-state index in [-0.39, 0.29) is 5.88 Å². The first-order chi connectivity index (χ1) is 11.4. The minimum Gasteiger partial charge on any atom is -0.467 e. The molecule has 0 unspecified atom stereocenters. The van der Waals surface area contributed by atoms with E-state index in [9.17, 15) is 13.2 Å². The molecule has 0 atom stereocenters. The average molecular weight is 359 g/mol. The number of hydrogen-bond donors (Lipinski definition) is 1. The zero-order chi connectivity index (χ0) is 17.2. The lowest BCUT2D eigenvalue weighted by molar-refractivity contribution is -0.154. The molecular formula is C14H16F3N5OS. The van der Waals surface area contributed by atoms with Gasteiger partial charge in [0, 0.05) is 37.1 Å². The van der Waals surface area contributed by atoms with Gasteiger partial charge in [-0.25, -0.2) is 4.98 Å². The van der Waals surface area contributed by atoms with Crippen LogP contribution in [0.5, 0.6) is 5.88 Å². The average Bonchev–Trinajstić information content (AvgIpc) is 2.96. The number of nitrogens with zero attached hydrogens (tertiary/aromatic N) is 4. The summed E-state index contributed by atoms with van der Waals surface area (Å²) in [5.41, 5.74) is 7.34. The van der Waals surface area contributed by atoms with Crippen molar-refractivity contribution < 1.29 is 17.9 Å². The van der Waals surface area contributed by atoms with Crippen molar-refractivity contribution in [3.05, 3.63) is 33.4 Å². The van der Waals surface area contributed by atoms with E-state index in [2.05, 4.69) is 24.8 Å². The van der Waals surface area contributed by atoms with Crippen molar-refractivity contribution in [1.82, 2.24) is 20.1 Å². The van der Waals surface area contributed by atoms with Gasteiger partial charge in [-0.2, -0.15) is 18.3 Å². The van der Waals surface area contributed by atoms with Gasteiger partial charge in [-0.1, -0.05) is 0 Å². The van der Waals surface area contributed by atoms with Gasteiger partial charge in [-0.15, -0.1) is 16.4 Å². The molecule has 0 amide bonds. The maximum atomic E-state index is 12.1. The molecular weight excluding hydrogens is 343 g/mol. The third kappa shape index (κ3) is 4.40. The van der Waals surface area contributed by atoms with Gasteiger partial charge < -0.3 is 10.5 Å². The first-order valence-corrected chi connectivity index (χ1v) is 8.16. The summed E-state index contributed by atoms with van der Waals surface area (Å²) in [4.78, 5) is 7.95. The molecule has 0 radical (unpaired) electrons. The largest absolute Gasteiger partial charge is 0.467 e. The van der Waals surface area contributed by atoms with E-state index >= 15 is 0 Å². The van der Waals surface area contributed by atoms with Gasteiger partial charge in [0.2, 0.25) is 5.88 Å². The van der Waals surface area contributed by atoms with Crippen molar-refractivity contribution in [1.29, 1.82) is 0 Å². The summed E-state index contributed by atoms with van der Waals surface area (Å²) in [5, 5.41) is 8.55. The minimum absolute atomic E-state index is 0.135. The minimum atomic E-state index is -4.39. The molecule has 3 rings (SSSR count). The van der Waals surface area contributed by atoms with Crippen LogP contribution in [0.1, 0.15) is 21.3 Å². The van der Waals surface area contributed by atoms with Gasteiger partial charge in [0.25, 0.3) is 0 Å². The Morgan fingerprint density at radius 3 is 2.79 bits per heavy atom. The zero-order valence-corrected chi connectivity index (χ0v) is 13.5. The number of nitrogens with two attached hydrogens (primary N) is 1. The summed E-state index contributed by atoms with van der Waals surface area (Å²) in [6.07, 6.45) is -3.48. The second kappa shape index (κ2) is 6.99. The number of alkyl halides is 3. The monoisotopic (exact) mass is 359 g/mol. The van der Waals surface area contributed by atoms with Crippen LogP contribution in [0.2, 0.25) is 0 Å². The standard InChI is InChI=1S/C14H16F3N5OS/c15-14(16,17)8-23-12-2-1-9(20-21-12)6-22-4-3-11-10(7-22)19-13(5-18)24-11/h1-2H,3-8,18H2. The fraction of sp³-hybridized carbons (Fsp3) is 0.500. The Balaban J connectivity index is 1.56. The van der Waals surface area contributed by atoms with Crippen LogP contribution >= 0.6 is 11.3 Å². The van der Waals surface area contributed by atoms with Crippen LogP contribution in [0.15, 0.2) is 12.1 Å². The number of thiazole rings is 1. The van der Waals surface area contributed by atoms with Crippen molar-refractivity contribution >= 4 is 11.3 Å². The molecule has 10 heteroatoms. The topological polar surface area (TPSA) is 77.2 Å². The van der Waals surface area contributed by atoms with E-state index in [0.29, 0.717) is 25.3 Å². The number of halogens is 3. The Kier molecular flexibility index (Phi) is 4.97. The predicted octanol–water partition coefficient (Wildman–Crippen LogP) is 1.89. The lowest BCUT2D eigenvalue weighted by Gasteiger charge is -2.25. The summed E-state index contributed by atoms with van der Waals surface area (Å²) >= 11 is 1.65. The number of fused-ring (bicyclic) bond motifs is 1. The maximum absolute atomic E-state index is 12.1. The molecule has 0 aliphatic carbocycles. The quantitative estimate of drug-likeness (QED) is 0.879. The molecule has 2 aromatic heterocycles. The molecule has 0 saturated heterocycles. The highest BCUT2D eigenvalue weighted by molar-refractivity contribution is 7.11. The highest BCUT2D eigenvalue weighted by Crippen LogP contribution is 2.25. The third-order valence-corrected chi connectivity index (χ3v) is 4.67. The van der Waals surface area contributed by atoms with Crippen LogP contribution < -0.4 is 10.5 Å². The summed E-state index contributed by atoms with van der Waals surface area (Å²) in [6.45, 7) is 1.21. The van der Waals surface area contributed by atoms with Crippen molar-refractivity contribution in [2.45, 2.75) is 32.2 Å². The predicted molar refractivity (Wildman–Crippen MR) is 81.4 cm³/mol. The normalized spacial score (nSPS) is 15.3. The van der Waals surface area contributed by atoms with Gasteiger partial charge in [0.15, 0.2) is 6.61 Å². The molecule has 0 saturated carbocycles. The fourth-order valence-corrected chi connectivity index (χ4v) is 3.37. The van der Waals surface area contributed by atoms with Crippen LogP contribution in [-0.4, -0.2) is 39.4 Å². The van der Waals surface area contributed by atoms with Gasteiger partial charge in [0.1, 0.15) is 5.01 Å². The van der Waals surface area contributed by atoms with Crippen LogP contribution in [0.25, 0.3) is 0 Å². The molecule has 2 N–H and O–H groups in total. The summed E-state index contributed by atoms with van der Waals surface area (Å²) in [5.74, 6) is -0.135. The molecule has 0 spiro atoms. The van der Waals surface area contributed by atoms with Gasteiger partial charge in [0.05, 0.1) is 11.4 Å². The van der Waals surface area contributed by atoms with E-state index in [1.54, 1.807) is 17.4 Å². The van der Waals surface area contributed by atoms with Crippen LogP contribution in [0, 0.1) is 0 Å². The zero-order valence-electron chi connectivity index (χ0n) is 12.7.